The van der Waals surface area contributed by atoms with Crippen molar-refractivity contribution in [3.05, 3.63) is 113 Å². The highest BCUT2D eigenvalue weighted by Gasteiger charge is 2.19. The zero-order chi connectivity index (χ0) is 28.5. The molecule has 5 heteroatoms. The van der Waals surface area contributed by atoms with Crippen molar-refractivity contribution in [2.45, 2.75) is 27.3 Å². The maximum atomic E-state index is 12.1. The van der Waals surface area contributed by atoms with Crippen LogP contribution in [0.3, 0.4) is 0 Å². The summed E-state index contributed by atoms with van der Waals surface area (Å²) in [5.74, 6) is 0.416. The fourth-order valence-electron chi connectivity index (χ4n) is 5.88. The molecule has 1 aromatic heterocycles. The molecule has 0 saturated heterocycles. The van der Waals surface area contributed by atoms with Crippen LogP contribution in [0.4, 0.5) is 0 Å². The number of hydrogen-bond acceptors (Lipinski definition) is 2. The van der Waals surface area contributed by atoms with E-state index in [1.165, 1.54) is 21.8 Å². The van der Waals surface area contributed by atoms with Gasteiger partial charge in [0.1, 0.15) is 24.6 Å². The second-order valence-electron chi connectivity index (χ2n) is 10.1. The Kier molecular flexibility index (Phi) is 7.02. The van der Waals surface area contributed by atoms with Gasteiger partial charge in [0.15, 0.2) is 0 Å². The smallest absolute Gasteiger partial charge is 0.336 e. The zero-order valence-electron chi connectivity index (χ0n) is 23.6. The van der Waals surface area contributed by atoms with Crippen molar-refractivity contribution in [2.24, 2.45) is 0 Å². The van der Waals surface area contributed by atoms with Crippen LogP contribution in [-0.2, 0) is 6.54 Å². The Labute approximate surface area is 239 Å². The van der Waals surface area contributed by atoms with Gasteiger partial charge in [-0.15, -0.1) is 0 Å². The molecule has 0 unspecified atom stereocenters. The quantitative estimate of drug-likeness (QED) is 0.209. The molecule has 0 radical (unpaired) electrons. The van der Waals surface area contributed by atoms with E-state index in [-0.39, 0.29) is 5.56 Å². The van der Waals surface area contributed by atoms with Gasteiger partial charge in [-0.05, 0) is 79.9 Å². The summed E-state index contributed by atoms with van der Waals surface area (Å²) in [6.07, 6.45) is 4.03. The Morgan fingerprint density at radius 1 is 0.780 bits per heavy atom. The lowest BCUT2D eigenvalue weighted by atomic mass is 9.93. The third kappa shape index (κ3) is 4.74. The van der Waals surface area contributed by atoms with Crippen LogP contribution in [0.15, 0.2) is 95.4 Å². The minimum Gasteiger partial charge on any atom is -0.478 e. The maximum Gasteiger partial charge on any atom is 0.336 e. The molecule has 0 fully saturated rings. The van der Waals surface area contributed by atoms with Crippen molar-refractivity contribution in [1.29, 1.82) is 0 Å². The number of rotatable bonds is 7. The Bertz CT molecular complexity index is 1980. The number of aryl methyl sites for hydroxylation is 1. The minimum absolute atomic E-state index is 0.264. The van der Waals surface area contributed by atoms with Gasteiger partial charge in [0.05, 0.1) is 11.6 Å². The van der Waals surface area contributed by atoms with Gasteiger partial charge in [0, 0.05) is 40.0 Å². The SMILES string of the molecule is CCn1c2ccccc2c2cc(/C=C/c3cc(-c4ccccc4C(=O)O)c4ccc(=[N+](CC)CC)cc-4o3)ccc21. The van der Waals surface area contributed by atoms with Gasteiger partial charge in [-0.2, -0.15) is 0 Å². The number of fused-ring (bicyclic) bond motifs is 4. The van der Waals surface area contributed by atoms with Crippen LogP contribution in [-0.4, -0.2) is 28.7 Å². The van der Waals surface area contributed by atoms with E-state index in [2.05, 4.69) is 90.6 Å². The lowest BCUT2D eigenvalue weighted by molar-refractivity contribution is 0.0697. The topological polar surface area (TPSA) is 58.4 Å². The van der Waals surface area contributed by atoms with Gasteiger partial charge in [0.2, 0.25) is 5.36 Å². The summed E-state index contributed by atoms with van der Waals surface area (Å²) >= 11 is 0. The van der Waals surface area contributed by atoms with Crippen LogP contribution in [0.5, 0.6) is 0 Å². The van der Waals surface area contributed by atoms with Crippen LogP contribution in [0.1, 0.15) is 42.5 Å². The predicted molar refractivity (Wildman–Crippen MR) is 168 cm³/mol. The second-order valence-corrected chi connectivity index (χ2v) is 10.1. The minimum atomic E-state index is -0.953. The van der Waals surface area contributed by atoms with Crippen LogP contribution in [0.2, 0.25) is 0 Å². The molecule has 1 aliphatic carbocycles. The van der Waals surface area contributed by atoms with E-state index >= 15 is 0 Å². The highest BCUT2D eigenvalue weighted by atomic mass is 16.4. The van der Waals surface area contributed by atoms with Crippen LogP contribution >= 0.6 is 0 Å². The van der Waals surface area contributed by atoms with Crippen molar-refractivity contribution >= 4 is 39.9 Å². The van der Waals surface area contributed by atoms with E-state index in [4.69, 9.17) is 4.42 Å². The normalized spacial score (nSPS) is 11.7. The van der Waals surface area contributed by atoms with Crippen molar-refractivity contribution in [3.63, 3.8) is 0 Å². The van der Waals surface area contributed by atoms with Gasteiger partial charge in [0.25, 0.3) is 0 Å². The first-order chi connectivity index (χ1) is 20.0. The largest absolute Gasteiger partial charge is 0.478 e. The first-order valence-electron chi connectivity index (χ1n) is 14.2. The Morgan fingerprint density at radius 2 is 1.54 bits per heavy atom. The van der Waals surface area contributed by atoms with E-state index in [1.54, 1.807) is 12.1 Å². The number of benzene rings is 4. The summed E-state index contributed by atoms with van der Waals surface area (Å²) in [4.78, 5) is 12.1. The maximum absolute atomic E-state index is 12.1. The molecule has 41 heavy (non-hydrogen) atoms. The molecule has 2 heterocycles. The lowest BCUT2D eigenvalue weighted by Crippen LogP contribution is -2.29. The molecule has 4 aromatic rings. The van der Waals surface area contributed by atoms with Gasteiger partial charge in [-0.3, -0.25) is 0 Å². The van der Waals surface area contributed by atoms with E-state index in [0.717, 1.165) is 41.7 Å². The molecule has 1 aliphatic heterocycles. The summed E-state index contributed by atoms with van der Waals surface area (Å²) < 4.78 is 11.1. The summed E-state index contributed by atoms with van der Waals surface area (Å²) in [6, 6.07) is 30.3. The summed E-state index contributed by atoms with van der Waals surface area (Å²) in [5, 5.41) is 13.5. The second kappa shape index (κ2) is 10.9. The first-order valence-corrected chi connectivity index (χ1v) is 14.2. The monoisotopic (exact) mass is 541 g/mol. The van der Waals surface area contributed by atoms with E-state index in [0.29, 0.717) is 17.1 Å². The molecule has 0 atom stereocenters. The van der Waals surface area contributed by atoms with Gasteiger partial charge in [-0.25, -0.2) is 9.37 Å². The third-order valence-corrected chi connectivity index (χ3v) is 7.90. The van der Waals surface area contributed by atoms with Gasteiger partial charge >= 0.3 is 5.97 Å². The van der Waals surface area contributed by atoms with Crippen molar-refractivity contribution in [2.75, 3.05) is 13.1 Å². The van der Waals surface area contributed by atoms with Crippen molar-refractivity contribution in [3.8, 4) is 22.5 Å². The number of carboxylic acid groups (broad SMARTS) is 1. The average molecular weight is 542 g/mol. The van der Waals surface area contributed by atoms with Crippen LogP contribution in [0, 0.1) is 0 Å². The van der Waals surface area contributed by atoms with E-state index in [1.807, 2.05) is 30.3 Å². The average Bonchev–Trinajstić information content (AvgIpc) is 3.33. The standard InChI is InChI=1S/C36H32N2O3/c1-4-37(5-2)25-17-19-29-31(27-11-7-8-13-30(27)36(39)40)23-26(41-35(29)22-25)18-15-24-16-20-34-32(21-24)28-12-9-10-14-33(28)38(34)6-3/h7-23H,4-6H2,1-3H3/p+1. The molecule has 2 aliphatic rings. The van der Waals surface area contributed by atoms with E-state index < -0.39 is 5.97 Å². The summed E-state index contributed by atoms with van der Waals surface area (Å²) in [7, 11) is 0. The van der Waals surface area contributed by atoms with E-state index in [9.17, 15) is 9.90 Å². The van der Waals surface area contributed by atoms with Gasteiger partial charge < -0.3 is 14.1 Å². The molecular weight excluding hydrogens is 508 g/mol. The number of para-hydroxylation sites is 1. The van der Waals surface area contributed by atoms with Crippen LogP contribution < -0.4 is 9.93 Å². The number of hydrogen-bond donors (Lipinski definition) is 1. The lowest BCUT2D eigenvalue weighted by Gasteiger charge is -2.14. The molecule has 3 aromatic carbocycles. The van der Waals surface area contributed by atoms with Crippen molar-refractivity contribution in [1.82, 2.24) is 9.14 Å². The first kappa shape index (κ1) is 26.3. The molecule has 0 amide bonds. The predicted octanol–water partition coefficient (Wildman–Crippen LogP) is 7.86. The Hall–Kier alpha value is -4.90. The van der Waals surface area contributed by atoms with Crippen molar-refractivity contribution < 1.29 is 14.3 Å². The number of carboxylic acids is 1. The number of nitrogens with zero attached hydrogens (tertiary/aromatic N) is 2. The number of aromatic nitrogens is 1. The fraction of sp³-hybridized carbons (Fsp3) is 0.167. The molecule has 204 valence electrons. The highest BCUT2D eigenvalue weighted by molar-refractivity contribution is 6.08. The fourth-order valence-corrected chi connectivity index (χ4v) is 5.88. The molecule has 1 N–H and O–H groups in total. The Morgan fingerprint density at radius 3 is 2.32 bits per heavy atom. The molecular formula is C36H33N2O3+. The highest BCUT2D eigenvalue weighted by Crippen LogP contribution is 2.37. The molecule has 6 rings (SSSR count). The molecule has 0 saturated carbocycles. The van der Waals surface area contributed by atoms with Gasteiger partial charge in [-0.1, -0.05) is 48.5 Å². The van der Waals surface area contributed by atoms with Crippen LogP contribution in [0.25, 0.3) is 56.4 Å². The number of aromatic carboxylic acids is 1. The Balaban J connectivity index is 1.52. The summed E-state index contributed by atoms with van der Waals surface area (Å²) in [5.41, 5.74) is 6.16. The summed E-state index contributed by atoms with van der Waals surface area (Å²) in [6.45, 7) is 9.11. The molecule has 0 bridgehead atoms. The zero-order valence-corrected chi connectivity index (χ0v) is 23.6. The molecule has 0 spiro atoms. The number of carbonyl (C=O) groups is 1. The third-order valence-electron chi connectivity index (χ3n) is 7.90. The molecule has 5 nitrogen and oxygen atoms in total.